The zero-order chi connectivity index (χ0) is 13.4. The monoisotopic (exact) mass is 269 g/mol. The lowest BCUT2D eigenvalue weighted by atomic mass is 10.2. The summed E-state index contributed by atoms with van der Waals surface area (Å²) in [5, 5.41) is 12.3. The van der Waals surface area contributed by atoms with Crippen molar-refractivity contribution in [2.24, 2.45) is 5.16 Å². The summed E-state index contributed by atoms with van der Waals surface area (Å²) in [4.78, 5) is 14.6. The first-order valence-corrected chi connectivity index (χ1v) is 5.38. The Bertz CT molecular complexity index is 471. The molecule has 1 N–H and O–H groups in total. The number of ether oxygens (including phenoxy) is 1. The lowest BCUT2D eigenvalue weighted by molar-refractivity contribution is -0.142. The molecule has 6 heteroatoms. The van der Waals surface area contributed by atoms with Crippen molar-refractivity contribution in [3.8, 4) is 5.75 Å². The third kappa shape index (κ3) is 4.88. The number of aliphatic carboxylic acids is 1. The summed E-state index contributed by atoms with van der Waals surface area (Å²) in [6.45, 7) is -0.467. The van der Waals surface area contributed by atoms with E-state index in [1.807, 2.05) is 0 Å². The highest BCUT2D eigenvalue weighted by atomic mass is 35.5. The normalized spacial score (nSPS) is 11.0. The summed E-state index contributed by atoms with van der Waals surface area (Å²) in [5.41, 5.74) is 0.787. The van der Waals surface area contributed by atoms with Crippen LogP contribution in [0.25, 0.3) is 6.08 Å². The highest BCUT2D eigenvalue weighted by Gasteiger charge is 1.99. The zero-order valence-corrected chi connectivity index (χ0v) is 10.4. The fraction of sp³-hybridized carbons (Fsp3) is 0.167. The first-order chi connectivity index (χ1) is 8.63. The second-order valence-corrected chi connectivity index (χ2v) is 3.60. The Morgan fingerprint density at radius 3 is 3.00 bits per heavy atom. The Balaban J connectivity index is 2.61. The average Bonchev–Trinajstić information content (AvgIpc) is 2.33. The van der Waals surface area contributed by atoms with E-state index in [4.69, 9.17) is 21.4 Å². The molecule has 1 aromatic carbocycles. The maximum atomic E-state index is 10.1. The van der Waals surface area contributed by atoms with Gasteiger partial charge < -0.3 is 14.7 Å². The SMILES string of the molecule is COc1ccc(Cl)cc1/C=C\C=N/OCC(=O)O. The van der Waals surface area contributed by atoms with Crippen molar-refractivity contribution < 1.29 is 19.5 Å². The van der Waals surface area contributed by atoms with Crippen molar-refractivity contribution in [1.82, 2.24) is 0 Å². The number of rotatable bonds is 6. The number of nitrogens with zero attached hydrogens (tertiary/aromatic N) is 1. The van der Waals surface area contributed by atoms with Crippen LogP contribution in [-0.2, 0) is 9.63 Å². The quantitative estimate of drug-likeness (QED) is 0.636. The van der Waals surface area contributed by atoms with Crippen LogP contribution in [0.5, 0.6) is 5.75 Å². The predicted molar refractivity (Wildman–Crippen MR) is 69.1 cm³/mol. The maximum Gasteiger partial charge on any atom is 0.344 e. The number of allylic oxidation sites excluding steroid dienone is 1. The number of hydrogen-bond donors (Lipinski definition) is 1. The lowest BCUT2D eigenvalue weighted by Gasteiger charge is -2.04. The summed E-state index contributed by atoms with van der Waals surface area (Å²) in [6, 6.07) is 5.21. The van der Waals surface area contributed by atoms with E-state index in [-0.39, 0.29) is 0 Å². The minimum atomic E-state index is -1.08. The number of hydrogen-bond acceptors (Lipinski definition) is 4. The van der Waals surface area contributed by atoms with Gasteiger partial charge in [-0.15, -0.1) is 0 Å². The molecule has 0 aliphatic rings. The van der Waals surface area contributed by atoms with E-state index in [1.54, 1.807) is 37.5 Å². The largest absolute Gasteiger partial charge is 0.496 e. The van der Waals surface area contributed by atoms with Gasteiger partial charge in [0.1, 0.15) is 5.75 Å². The molecule has 0 aromatic heterocycles. The summed E-state index contributed by atoms with van der Waals surface area (Å²) in [7, 11) is 1.56. The highest BCUT2D eigenvalue weighted by molar-refractivity contribution is 6.30. The highest BCUT2D eigenvalue weighted by Crippen LogP contribution is 2.23. The molecule has 0 fully saturated rings. The molecule has 0 aliphatic heterocycles. The van der Waals surface area contributed by atoms with Crippen molar-refractivity contribution in [2.75, 3.05) is 13.7 Å². The van der Waals surface area contributed by atoms with Crippen LogP contribution in [0, 0.1) is 0 Å². The van der Waals surface area contributed by atoms with Gasteiger partial charge in [-0.3, -0.25) is 0 Å². The maximum absolute atomic E-state index is 10.1. The molecule has 1 aromatic rings. The molecule has 96 valence electrons. The Hall–Kier alpha value is -2.01. The van der Waals surface area contributed by atoms with Crippen LogP contribution in [0.2, 0.25) is 5.02 Å². The first kappa shape index (κ1) is 14.1. The number of carboxylic acids is 1. The van der Waals surface area contributed by atoms with Crippen molar-refractivity contribution >= 4 is 29.9 Å². The van der Waals surface area contributed by atoms with E-state index in [0.29, 0.717) is 10.8 Å². The van der Waals surface area contributed by atoms with Crippen molar-refractivity contribution in [3.63, 3.8) is 0 Å². The van der Waals surface area contributed by atoms with E-state index >= 15 is 0 Å². The molecule has 0 bridgehead atoms. The molecule has 0 spiro atoms. The molecular weight excluding hydrogens is 258 g/mol. The summed E-state index contributed by atoms with van der Waals surface area (Å²) in [6.07, 6.45) is 4.65. The number of oxime groups is 1. The molecule has 5 nitrogen and oxygen atoms in total. The molecule has 0 aliphatic carbocycles. The van der Waals surface area contributed by atoms with Gasteiger partial charge >= 0.3 is 5.97 Å². The van der Waals surface area contributed by atoms with Crippen LogP contribution in [0.15, 0.2) is 29.4 Å². The first-order valence-electron chi connectivity index (χ1n) is 5.01. The van der Waals surface area contributed by atoms with Gasteiger partial charge in [-0.1, -0.05) is 16.8 Å². The van der Waals surface area contributed by atoms with E-state index < -0.39 is 12.6 Å². The molecule has 0 radical (unpaired) electrons. The fourth-order valence-corrected chi connectivity index (χ4v) is 1.33. The van der Waals surface area contributed by atoms with Gasteiger partial charge in [-0.25, -0.2) is 4.79 Å². The number of methoxy groups -OCH3 is 1. The second-order valence-electron chi connectivity index (χ2n) is 3.17. The predicted octanol–water partition coefficient (Wildman–Crippen LogP) is 2.45. The van der Waals surface area contributed by atoms with Gasteiger partial charge in [0.25, 0.3) is 0 Å². The van der Waals surface area contributed by atoms with Crippen LogP contribution in [0.1, 0.15) is 5.56 Å². The van der Waals surface area contributed by atoms with E-state index in [0.717, 1.165) is 5.56 Å². The number of halogens is 1. The van der Waals surface area contributed by atoms with Gasteiger partial charge in [-0.2, -0.15) is 0 Å². The number of carbonyl (C=O) groups is 1. The molecule has 0 saturated heterocycles. The van der Waals surface area contributed by atoms with Crippen LogP contribution in [0.4, 0.5) is 0 Å². The van der Waals surface area contributed by atoms with E-state index in [9.17, 15) is 4.79 Å². The van der Waals surface area contributed by atoms with Gasteiger partial charge in [0.2, 0.25) is 6.61 Å². The minimum absolute atomic E-state index is 0.467. The van der Waals surface area contributed by atoms with Crippen LogP contribution < -0.4 is 4.74 Å². The molecule has 0 unspecified atom stereocenters. The van der Waals surface area contributed by atoms with E-state index in [1.165, 1.54) is 6.21 Å². The smallest absolute Gasteiger partial charge is 0.344 e. The number of carboxylic acid groups (broad SMARTS) is 1. The topological polar surface area (TPSA) is 68.1 Å². The average molecular weight is 270 g/mol. The molecule has 0 saturated carbocycles. The van der Waals surface area contributed by atoms with Gasteiger partial charge in [0.05, 0.1) is 13.3 Å². The molecule has 0 atom stereocenters. The van der Waals surface area contributed by atoms with Gasteiger partial charge in [0, 0.05) is 10.6 Å². The third-order valence-electron chi connectivity index (χ3n) is 1.88. The Kier molecular flexibility index (Phi) is 5.73. The molecule has 1 rings (SSSR count). The van der Waals surface area contributed by atoms with Gasteiger partial charge in [0.15, 0.2) is 0 Å². The second kappa shape index (κ2) is 7.34. The van der Waals surface area contributed by atoms with Crippen molar-refractivity contribution in [3.05, 3.63) is 34.9 Å². The number of benzene rings is 1. The minimum Gasteiger partial charge on any atom is -0.496 e. The third-order valence-corrected chi connectivity index (χ3v) is 2.11. The molecular formula is C12H12ClNO4. The zero-order valence-electron chi connectivity index (χ0n) is 9.67. The fourth-order valence-electron chi connectivity index (χ4n) is 1.15. The Labute approximate surface area is 109 Å². The summed E-state index contributed by atoms with van der Waals surface area (Å²) < 4.78 is 5.15. The molecule has 18 heavy (non-hydrogen) atoms. The van der Waals surface area contributed by atoms with Crippen molar-refractivity contribution in [1.29, 1.82) is 0 Å². The lowest BCUT2D eigenvalue weighted by Crippen LogP contribution is -2.02. The molecule has 0 amide bonds. The Morgan fingerprint density at radius 2 is 2.33 bits per heavy atom. The van der Waals surface area contributed by atoms with Crippen LogP contribution >= 0.6 is 11.6 Å². The summed E-state index contributed by atoms with van der Waals surface area (Å²) in [5.74, 6) is -0.400. The molecule has 0 heterocycles. The van der Waals surface area contributed by atoms with E-state index in [2.05, 4.69) is 9.99 Å². The van der Waals surface area contributed by atoms with Crippen molar-refractivity contribution in [2.45, 2.75) is 0 Å². The van der Waals surface area contributed by atoms with Crippen LogP contribution in [0.3, 0.4) is 0 Å². The van der Waals surface area contributed by atoms with Gasteiger partial charge in [-0.05, 0) is 30.4 Å². The Morgan fingerprint density at radius 1 is 1.56 bits per heavy atom. The van der Waals surface area contributed by atoms with Crippen LogP contribution in [-0.4, -0.2) is 31.0 Å². The summed E-state index contributed by atoms with van der Waals surface area (Å²) >= 11 is 5.86. The standard InChI is InChI=1S/C12H12ClNO4/c1-17-11-5-4-10(13)7-9(11)3-2-6-14-18-8-12(15)16/h2-7H,8H2,1H3,(H,15,16)/b3-2-,14-6-.